The molecule has 112 valence electrons. The van der Waals surface area contributed by atoms with Gasteiger partial charge in [-0.2, -0.15) is 0 Å². The second-order valence-electron chi connectivity index (χ2n) is 5.27. The SMILES string of the molecule is COCCCCCNC(=O)C1(COC)CCNCC1. The van der Waals surface area contributed by atoms with E-state index in [9.17, 15) is 4.79 Å². The van der Waals surface area contributed by atoms with Crippen molar-refractivity contribution in [3.05, 3.63) is 0 Å². The van der Waals surface area contributed by atoms with Gasteiger partial charge in [0.15, 0.2) is 0 Å². The summed E-state index contributed by atoms with van der Waals surface area (Å²) in [5.74, 6) is 0.155. The number of piperidine rings is 1. The van der Waals surface area contributed by atoms with Crippen molar-refractivity contribution in [3.63, 3.8) is 0 Å². The fourth-order valence-corrected chi connectivity index (χ4v) is 2.56. The smallest absolute Gasteiger partial charge is 0.228 e. The number of hydrogen-bond donors (Lipinski definition) is 2. The highest BCUT2D eigenvalue weighted by molar-refractivity contribution is 5.82. The Morgan fingerprint density at radius 1 is 1.16 bits per heavy atom. The van der Waals surface area contributed by atoms with Gasteiger partial charge in [0.2, 0.25) is 5.91 Å². The zero-order valence-electron chi connectivity index (χ0n) is 12.3. The maximum absolute atomic E-state index is 12.4. The van der Waals surface area contributed by atoms with E-state index in [2.05, 4.69) is 10.6 Å². The number of unbranched alkanes of at least 4 members (excludes halogenated alkanes) is 2. The maximum Gasteiger partial charge on any atom is 0.228 e. The molecule has 1 saturated heterocycles. The first kappa shape index (κ1) is 16.4. The molecule has 0 spiro atoms. The van der Waals surface area contributed by atoms with Crippen LogP contribution in [-0.4, -0.2) is 53.0 Å². The highest BCUT2D eigenvalue weighted by atomic mass is 16.5. The topological polar surface area (TPSA) is 59.6 Å². The van der Waals surface area contributed by atoms with Crippen molar-refractivity contribution in [2.75, 3.05) is 47.1 Å². The van der Waals surface area contributed by atoms with Gasteiger partial charge < -0.3 is 20.1 Å². The molecule has 0 unspecified atom stereocenters. The van der Waals surface area contributed by atoms with E-state index in [4.69, 9.17) is 9.47 Å². The third-order valence-corrected chi connectivity index (χ3v) is 3.77. The van der Waals surface area contributed by atoms with Gasteiger partial charge in [-0.15, -0.1) is 0 Å². The van der Waals surface area contributed by atoms with Crippen molar-refractivity contribution in [1.82, 2.24) is 10.6 Å². The molecule has 19 heavy (non-hydrogen) atoms. The number of rotatable bonds is 9. The van der Waals surface area contributed by atoms with Gasteiger partial charge >= 0.3 is 0 Å². The Morgan fingerprint density at radius 2 is 1.89 bits per heavy atom. The Bertz CT molecular complexity index is 248. The summed E-state index contributed by atoms with van der Waals surface area (Å²) >= 11 is 0. The molecule has 5 heteroatoms. The minimum atomic E-state index is -0.327. The normalized spacial score (nSPS) is 18.2. The van der Waals surface area contributed by atoms with Crippen molar-refractivity contribution in [1.29, 1.82) is 0 Å². The van der Waals surface area contributed by atoms with E-state index in [0.29, 0.717) is 6.61 Å². The average Bonchev–Trinajstić information content (AvgIpc) is 2.44. The molecule has 0 aromatic rings. The lowest BCUT2D eigenvalue weighted by molar-refractivity contribution is -0.136. The molecule has 5 nitrogen and oxygen atoms in total. The summed E-state index contributed by atoms with van der Waals surface area (Å²) in [6.07, 6.45) is 4.87. The summed E-state index contributed by atoms with van der Waals surface area (Å²) in [5.41, 5.74) is -0.327. The molecule has 0 aromatic heterocycles. The van der Waals surface area contributed by atoms with E-state index in [-0.39, 0.29) is 11.3 Å². The van der Waals surface area contributed by atoms with Gasteiger partial charge in [-0.25, -0.2) is 0 Å². The molecule has 0 atom stereocenters. The number of methoxy groups -OCH3 is 2. The first-order chi connectivity index (χ1) is 9.25. The molecule has 2 N–H and O–H groups in total. The predicted octanol–water partition coefficient (Wildman–Crippen LogP) is 0.936. The molecule has 1 amide bonds. The van der Waals surface area contributed by atoms with E-state index in [1.54, 1.807) is 14.2 Å². The Labute approximate surface area is 116 Å². The fraction of sp³-hybridized carbons (Fsp3) is 0.929. The molecule has 1 aliphatic rings. The van der Waals surface area contributed by atoms with Crippen molar-refractivity contribution >= 4 is 5.91 Å². The summed E-state index contributed by atoms with van der Waals surface area (Å²) in [6.45, 7) is 3.86. The second kappa shape index (κ2) is 9.28. The van der Waals surface area contributed by atoms with Gasteiger partial charge in [0.1, 0.15) is 0 Å². The first-order valence-corrected chi connectivity index (χ1v) is 7.22. The third kappa shape index (κ3) is 5.47. The monoisotopic (exact) mass is 272 g/mol. The van der Waals surface area contributed by atoms with Crippen LogP contribution >= 0.6 is 0 Å². The van der Waals surface area contributed by atoms with Gasteiger partial charge in [0.05, 0.1) is 12.0 Å². The van der Waals surface area contributed by atoms with E-state index in [0.717, 1.165) is 58.3 Å². The highest BCUT2D eigenvalue weighted by Gasteiger charge is 2.39. The highest BCUT2D eigenvalue weighted by Crippen LogP contribution is 2.29. The zero-order chi connectivity index (χ0) is 14.0. The van der Waals surface area contributed by atoms with Crippen LogP contribution in [0.4, 0.5) is 0 Å². The standard InChI is InChI=1S/C14H28N2O3/c1-18-11-5-3-4-8-16-13(17)14(12-19-2)6-9-15-10-7-14/h15H,3-12H2,1-2H3,(H,16,17). The van der Waals surface area contributed by atoms with Crippen LogP contribution in [0.5, 0.6) is 0 Å². The van der Waals surface area contributed by atoms with Crippen LogP contribution < -0.4 is 10.6 Å². The second-order valence-corrected chi connectivity index (χ2v) is 5.27. The molecular weight excluding hydrogens is 244 g/mol. The lowest BCUT2D eigenvalue weighted by atomic mass is 9.78. The van der Waals surface area contributed by atoms with Gasteiger partial charge in [-0.1, -0.05) is 0 Å². The Morgan fingerprint density at radius 3 is 2.53 bits per heavy atom. The average molecular weight is 272 g/mol. The lowest BCUT2D eigenvalue weighted by Gasteiger charge is -2.35. The van der Waals surface area contributed by atoms with E-state index in [1.165, 1.54) is 0 Å². The van der Waals surface area contributed by atoms with Gasteiger partial charge in [0, 0.05) is 27.4 Å². The van der Waals surface area contributed by atoms with Crippen LogP contribution in [0.1, 0.15) is 32.1 Å². The molecule has 0 bridgehead atoms. The summed E-state index contributed by atoms with van der Waals surface area (Å²) in [7, 11) is 3.38. The number of hydrogen-bond acceptors (Lipinski definition) is 4. The van der Waals surface area contributed by atoms with Crippen molar-refractivity contribution in [2.24, 2.45) is 5.41 Å². The van der Waals surface area contributed by atoms with Gasteiger partial charge in [-0.05, 0) is 45.2 Å². The quantitative estimate of drug-likeness (QED) is 0.613. The van der Waals surface area contributed by atoms with Gasteiger partial charge in [-0.3, -0.25) is 4.79 Å². The molecule has 1 aliphatic heterocycles. The van der Waals surface area contributed by atoms with Crippen LogP contribution in [0.25, 0.3) is 0 Å². The number of ether oxygens (including phenoxy) is 2. The Kier molecular flexibility index (Phi) is 8.02. The van der Waals surface area contributed by atoms with Crippen LogP contribution in [0.3, 0.4) is 0 Å². The number of nitrogens with one attached hydrogen (secondary N) is 2. The predicted molar refractivity (Wildman–Crippen MR) is 75.1 cm³/mol. The zero-order valence-corrected chi connectivity index (χ0v) is 12.3. The van der Waals surface area contributed by atoms with Crippen LogP contribution in [0.15, 0.2) is 0 Å². The summed E-state index contributed by atoms with van der Waals surface area (Å²) < 4.78 is 10.3. The lowest BCUT2D eigenvalue weighted by Crippen LogP contribution is -2.50. The number of carbonyl (C=O) groups excluding carboxylic acids is 1. The third-order valence-electron chi connectivity index (χ3n) is 3.77. The van der Waals surface area contributed by atoms with Crippen LogP contribution in [0, 0.1) is 5.41 Å². The number of carbonyl (C=O) groups is 1. The fourth-order valence-electron chi connectivity index (χ4n) is 2.56. The van der Waals surface area contributed by atoms with Crippen LogP contribution in [-0.2, 0) is 14.3 Å². The minimum absolute atomic E-state index is 0.155. The van der Waals surface area contributed by atoms with E-state index < -0.39 is 0 Å². The molecular formula is C14H28N2O3. The molecule has 0 saturated carbocycles. The molecule has 1 fully saturated rings. The van der Waals surface area contributed by atoms with E-state index in [1.807, 2.05) is 0 Å². The largest absolute Gasteiger partial charge is 0.385 e. The van der Waals surface area contributed by atoms with Crippen molar-refractivity contribution < 1.29 is 14.3 Å². The number of amides is 1. The van der Waals surface area contributed by atoms with E-state index >= 15 is 0 Å². The molecule has 1 heterocycles. The maximum atomic E-state index is 12.4. The summed E-state index contributed by atoms with van der Waals surface area (Å²) in [6, 6.07) is 0. The van der Waals surface area contributed by atoms with Crippen molar-refractivity contribution in [3.8, 4) is 0 Å². The summed E-state index contributed by atoms with van der Waals surface area (Å²) in [4.78, 5) is 12.4. The molecule has 0 aliphatic carbocycles. The van der Waals surface area contributed by atoms with Crippen molar-refractivity contribution in [2.45, 2.75) is 32.1 Å². The first-order valence-electron chi connectivity index (χ1n) is 7.22. The minimum Gasteiger partial charge on any atom is -0.385 e. The molecule has 0 aromatic carbocycles. The van der Waals surface area contributed by atoms with Gasteiger partial charge in [0.25, 0.3) is 0 Å². The van der Waals surface area contributed by atoms with Crippen LogP contribution in [0.2, 0.25) is 0 Å². The molecule has 1 rings (SSSR count). The summed E-state index contributed by atoms with van der Waals surface area (Å²) in [5, 5.41) is 6.36. The molecule has 0 radical (unpaired) electrons. The Balaban J connectivity index is 2.28. The Hall–Kier alpha value is -0.650.